The SMILES string of the molecule is CC(C)C1CCC(OCC2C(N)CCCN2C(=O)C2CCOCC2)CC1. The Balaban J connectivity index is 1.52. The molecule has 5 nitrogen and oxygen atoms in total. The first kappa shape index (κ1) is 20.1. The highest BCUT2D eigenvalue weighted by molar-refractivity contribution is 5.79. The summed E-state index contributed by atoms with van der Waals surface area (Å²) in [5, 5.41) is 0. The van der Waals surface area contributed by atoms with E-state index < -0.39 is 0 Å². The van der Waals surface area contributed by atoms with Gasteiger partial charge in [0, 0.05) is 31.7 Å². The molecule has 0 bridgehead atoms. The molecule has 0 radical (unpaired) electrons. The highest BCUT2D eigenvalue weighted by Crippen LogP contribution is 2.32. The summed E-state index contributed by atoms with van der Waals surface area (Å²) in [6.45, 7) is 7.50. The first-order chi connectivity index (χ1) is 12.6. The molecule has 3 fully saturated rings. The van der Waals surface area contributed by atoms with E-state index in [1.54, 1.807) is 0 Å². The van der Waals surface area contributed by atoms with E-state index in [4.69, 9.17) is 15.2 Å². The molecule has 150 valence electrons. The maximum Gasteiger partial charge on any atom is 0.226 e. The summed E-state index contributed by atoms with van der Waals surface area (Å²) in [4.78, 5) is 15.1. The third-order valence-corrected chi connectivity index (χ3v) is 6.85. The van der Waals surface area contributed by atoms with Crippen molar-refractivity contribution in [1.82, 2.24) is 4.90 Å². The Bertz CT molecular complexity index is 443. The van der Waals surface area contributed by atoms with Gasteiger partial charge in [0.2, 0.25) is 5.91 Å². The Hall–Kier alpha value is -0.650. The van der Waals surface area contributed by atoms with Gasteiger partial charge in [0.25, 0.3) is 0 Å². The molecule has 3 rings (SSSR count). The van der Waals surface area contributed by atoms with Crippen molar-refractivity contribution >= 4 is 5.91 Å². The predicted molar refractivity (Wildman–Crippen MR) is 103 cm³/mol. The van der Waals surface area contributed by atoms with Gasteiger partial charge in [-0.15, -0.1) is 0 Å². The minimum absolute atomic E-state index is 0.0412. The summed E-state index contributed by atoms with van der Waals surface area (Å²) in [6, 6.07) is 0.0847. The molecule has 0 spiro atoms. The van der Waals surface area contributed by atoms with E-state index in [2.05, 4.69) is 13.8 Å². The van der Waals surface area contributed by atoms with Crippen LogP contribution >= 0.6 is 0 Å². The van der Waals surface area contributed by atoms with E-state index in [1.807, 2.05) is 4.90 Å². The van der Waals surface area contributed by atoms with Gasteiger partial charge >= 0.3 is 0 Å². The van der Waals surface area contributed by atoms with Crippen molar-refractivity contribution in [3.8, 4) is 0 Å². The molecule has 2 atom stereocenters. The summed E-state index contributed by atoms with van der Waals surface area (Å²) in [5.74, 6) is 2.01. The monoisotopic (exact) mass is 366 g/mol. The van der Waals surface area contributed by atoms with Crippen LogP contribution in [0, 0.1) is 17.8 Å². The van der Waals surface area contributed by atoms with Gasteiger partial charge < -0.3 is 20.1 Å². The number of ether oxygens (including phenoxy) is 2. The minimum Gasteiger partial charge on any atom is -0.381 e. The molecule has 2 unspecified atom stereocenters. The molecule has 1 amide bonds. The second-order valence-electron chi connectivity index (χ2n) is 8.91. The number of hydrogen-bond acceptors (Lipinski definition) is 4. The van der Waals surface area contributed by atoms with Gasteiger partial charge in [-0.2, -0.15) is 0 Å². The number of hydrogen-bond donors (Lipinski definition) is 1. The van der Waals surface area contributed by atoms with Crippen LogP contribution in [0.2, 0.25) is 0 Å². The highest BCUT2D eigenvalue weighted by Gasteiger charge is 2.36. The van der Waals surface area contributed by atoms with Crippen LogP contribution in [0.15, 0.2) is 0 Å². The smallest absolute Gasteiger partial charge is 0.226 e. The number of amides is 1. The Morgan fingerprint density at radius 1 is 1.12 bits per heavy atom. The number of likely N-dealkylation sites (tertiary alicyclic amines) is 1. The van der Waals surface area contributed by atoms with E-state index in [1.165, 1.54) is 12.8 Å². The van der Waals surface area contributed by atoms with E-state index in [0.29, 0.717) is 25.9 Å². The summed E-state index contributed by atoms with van der Waals surface area (Å²) in [5.41, 5.74) is 6.42. The van der Waals surface area contributed by atoms with Gasteiger partial charge in [-0.25, -0.2) is 0 Å². The van der Waals surface area contributed by atoms with Crippen LogP contribution in [0.4, 0.5) is 0 Å². The van der Waals surface area contributed by atoms with Crippen molar-refractivity contribution in [2.45, 2.75) is 83.4 Å². The molecule has 1 aliphatic carbocycles. The normalized spacial score (nSPS) is 34.2. The quantitative estimate of drug-likeness (QED) is 0.812. The molecule has 0 aromatic carbocycles. The van der Waals surface area contributed by atoms with E-state index in [-0.39, 0.29) is 23.9 Å². The largest absolute Gasteiger partial charge is 0.381 e. The fraction of sp³-hybridized carbons (Fsp3) is 0.952. The van der Waals surface area contributed by atoms with Crippen LogP contribution in [0.3, 0.4) is 0 Å². The van der Waals surface area contributed by atoms with Crippen LogP contribution in [0.5, 0.6) is 0 Å². The van der Waals surface area contributed by atoms with Gasteiger partial charge in [0.15, 0.2) is 0 Å². The second kappa shape index (κ2) is 9.52. The maximum atomic E-state index is 13.0. The summed E-state index contributed by atoms with van der Waals surface area (Å²) >= 11 is 0. The van der Waals surface area contributed by atoms with Crippen molar-refractivity contribution in [3.05, 3.63) is 0 Å². The van der Waals surface area contributed by atoms with Crippen molar-refractivity contribution in [2.75, 3.05) is 26.4 Å². The van der Waals surface area contributed by atoms with E-state index >= 15 is 0 Å². The Kier molecular flexibility index (Phi) is 7.35. The van der Waals surface area contributed by atoms with Crippen molar-refractivity contribution < 1.29 is 14.3 Å². The fourth-order valence-electron chi connectivity index (χ4n) is 4.91. The molecule has 26 heavy (non-hydrogen) atoms. The van der Waals surface area contributed by atoms with Crippen molar-refractivity contribution in [2.24, 2.45) is 23.5 Å². The van der Waals surface area contributed by atoms with Crippen LogP contribution in [0.1, 0.15) is 65.2 Å². The van der Waals surface area contributed by atoms with Gasteiger partial charge in [0.05, 0.1) is 18.8 Å². The average molecular weight is 367 g/mol. The summed E-state index contributed by atoms with van der Waals surface area (Å²) in [7, 11) is 0. The van der Waals surface area contributed by atoms with Gasteiger partial charge in [-0.3, -0.25) is 4.79 Å². The molecule has 1 saturated carbocycles. The molecule has 5 heteroatoms. The van der Waals surface area contributed by atoms with Crippen LogP contribution < -0.4 is 5.73 Å². The van der Waals surface area contributed by atoms with Crippen LogP contribution in [-0.4, -0.2) is 55.4 Å². The van der Waals surface area contributed by atoms with E-state index in [9.17, 15) is 4.79 Å². The number of carbonyl (C=O) groups excluding carboxylic acids is 1. The maximum absolute atomic E-state index is 13.0. The number of carbonyl (C=O) groups is 1. The van der Waals surface area contributed by atoms with Crippen LogP contribution in [-0.2, 0) is 14.3 Å². The first-order valence-corrected chi connectivity index (χ1v) is 10.8. The Labute approximate surface area is 159 Å². The predicted octanol–water partition coefficient (Wildman–Crippen LogP) is 2.96. The van der Waals surface area contributed by atoms with Gasteiger partial charge in [0.1, 0.15) is 0 Å². The lowest BCUT2D eigenvalue weighted by molar-refractivity contribution is -0.145. The number of rotatable bonds is 5. The van der Waals surface area contributed by atoms with E-state index in [0.717, 1.165) is 56.9 Å². The van der Waals surface area contributed by atoms with Crippen LogP contribution in [0.25, 0.3) is 0 Å². The number of nitrogens with zero attached hydrogens (tertiary/aromatic N) is 1. The summed E-state index contributed by atoms with van der Waals surface area (Å²) in [6.07, 6.45) is 8.87. The molecular weight excluding hydrogens is 328 g/mol. The zero-order valence-electron chi connectivity index (χ0n) is 16.7. The van der Waals surface area contributed by atoms with Crippen molar-refractivity contribution in [1.29, 1.82) is 0 Å². The molecule has 2 saturated heterocycles. The second-order valence-corrected chi connectivity index (χ2v) is 8.91. The first-order valence-electron chi connectivity index (χ1n) is 10.8. The minimum atomic E-state index is 0.0412. The molecule has 0 aromatic rings. The average Bonchev–Trinajstić information content (AvgIpc) is 2.67. The third kappa shape index (κ3) is 4.99. The molecule has 3 aliphatic rings. The van der Waals surface area contributed by atoms with Gasteiger partial charge in [-0.1, -0.05) is 13.8 Å². The fourth-order valence-corrected chi connectivity index (χ4v) is 4.91. The lowest BCUT2D eigenvalue weighted by atomic mass is 9.80. The molecule has 2 heterocycles. The molecule has 2 aliphatic heterocycles. The topological polar surface area (TPSA) is 64.8 Å². The molecule has 0 aromatic heterocycles. The zero-order valence-corrected chi connectivity index (χ0v) is 16.7. The van der Waals surface area contributed by atoms with Crippen molar-refractivity contribution in [3.63, 3.8) is 0 Å². The Morgan fingerprint density at radius 2 is 1.81 bits per heavy atom. The molecular formula is C21H38N2O3. The molecule has 2 N–H and O–H groups in total. The lowest BCUT2D eigenvalue weighted by Gasteiger charge is -2.42. The number of nitrogens with two attached hydrogens (primary N) is 1. The lowest BCUT2D eigenvalue weighted by Crippen LogP contribution is -2.58. The standard InChI is InChI=1S/C21H38N2O3/c1-15(2)16-5-7-18(8-6-16)26-14-20-19(22)4-3-11-23(20)21(24)17-9-12-25-13-10-17/h15-20H,3-14,22H2,1-2H3. The highest BCUT2D eigenvalue weighted by atomic mass is 16.5. The third-order valence-electron chi connectivity index (χ3n) is 6.85. The Morgan fingerprint density at radius 3 is 2.46 bits per heavy atom. The summed E-state index contributed by atoms with van der Waals surface area (Å²) < 4.78 is 11.7. The van der Waals surface area contributed by atoms with Gasteiger partial charge in [-0.05, 0) is 63.2 Å². The number of piperidine rings is 1. The zero-order chi connectivity index (χ0) is 18.5.